The van der Waals surface area contributed by atoms with Crippen LogP contribution in [0.5, 0.6) is 5.75 Å². The molecule has 46 heavy (non-hydrogen) atoms. The lowest BCUT2D eigenvalue weighted by Crippen LogP contribution is -2.42. The Labute approximate surface area is 264 Å². The fraction of sp³-hybridized carbons (Fsp3) is 0.361. The first-order valence-corrected chi connectivity index (χ1v) is 15.9. The normalized spacial score (nSPS) is 19.8. The van der Waals surface area contributed by atoms with E-state index in [0.717, 1.165) is 35.0 Å². The second-order valence-corrected chi connectivity index (χ2v) is 12.5. The number of benzene rings is 3. The van der Waals surface area contributed by atoms with Crippen LogP contribution in [-0.2, 0) is 17.9 Å². The Hall–Kier alpha value is -4.60. The number of aromatic nitrogens is 3. The Morgan fingerprint density at radius 2 is 1.80 bits per heavy atom. The number of aliphatic carboxylic acids is 1. The molecule has 238 valence electrons. The van der Waals surface area contributed by atoms with Crippen LogP contribution in [0.1, 0.15) is 61.5 Å². The van der Waals surface area contributed by atoms with Gasteiger partial charge in [-0.05, 0) is 55.7 Å². The monoisotopic (exact) mass is 628 g/mol. The van der Waals surface area contributed by atoms with Gasteiger partial charge in [0.15, 0.2) is 0 Å². The Morgan fingerprint density at radius 1 is 0.957 bits per heavy atom. The molecule has 1 saturated carbocycles. The fourth-order valence-corrected chi connectivity index (χ4v) is 6.97. The number of carboxylic acid groups (broad SMARTS) is 1. The van der Waals surface area contributed by atoms with E-state index in [2.05, 4.69) is 4.98 Å². The van der Waals surface area contributed by atoms with Gasteiger partial charge in [-0.25, -0.2) is 23.1 Å². The number of imidazole rings is 1. The summed E-state index contributed by atoms with van der Waals surface area (Å²) in [6, 6.07) is 22.0. The van der Waals surface area contributed by atoms with E-state index < -0.39 is 30.2 Å². The van der Waals surface area contributed by atoms with Gasteiger partial charge in [0.2, 0.25) is 0 Å². The summed E-state index contributed by atoms with van der Waals surface area (Å²) in [6.07, 6.45) is 3.12. The molecular formula is C36H35F3N4O3. The van der Waals surface area contributed by atoms with E-state index in [0.29, 0.717) is 54.1 Å². The first-order chi connectivity index (χ1) is 22.2. The number of pyridine rings is 1. The van der Waals surface area contributed by atoms with Crippen LogP contribution in [0.4, 0.5) is 18.9 Å². The molecule has 10 heteroatoms. The third kappa shape index (κ3) is 6.12. The first kappa shape index (κ1) is 30.1. The number of alkyl halides is 2. The van der Waals surface area contributed by atoms with Crippen molar-refractivity contribution in [3.63, 3.8) is 0 Å². The molecule has 0 amide bonds. The molecule has 1 aliphatic heterocycles. The first-order valence-electron chi connectivity index (χ1n) is 15.9. The van der Waals surface area contributed by atoms with Gasteiger partial charge in [0.25, 0.3) is 5.92 Å². The predicted octanol–water partition coefficient (Wildman–Crippen LogP) is 7.94. The Morgan fingerprint density at radius 3 is 2.63 bits per heavy atom. The highest BCUT2D eigenvalue weighted by atomic mass is 19.3. The number of fused-ring (bicyclic) bond motifs is 2. The van der Waals surface area contributed by atoms with Crippen molar-refractivity contribution in [2.24, 2.45) is 5.92 Å². The number of piperidine rings is 1. The van der Waals surface area contributed by atoms with Crippen molar-refractivity contribution >= 4 is 33.6 Å². The molecule has 1 aliphatic carbocycles. The predicted molar refractivity (Wildman–Crippen MR) is 170 cm³/mol. The molecule has 0 spiro atoms. The number of carbonyl (C=O) groups is 1. The van der Waals surface area contributed by atoms with Crippen molar-refractivity contribution in [2.45, 2.75) is 63.5 Å². The van der Waals surface area contributed by atoms with E-state index in [9.17, 15) is 18.7 Å². The molecule has 3 aromatic carbocycles. The minimum Gasteiger partial charge on any atom is -0.487 e. The minimum absolute atomic E-state index is 0.123. The molecule has 5 aromatic rings. The zero-order chi connectivity index (χ0) is 31.8. The average molecular weight is 629 g/mol. The summed E-state index contributed by atoms with van der Waals surface area (Å²) in [5.74, 6) is -3.88. The summed E-state index contributed by atoms with van der Waals surface area (Å²) < 4.78 is 51.7. The lowest BCUT2D eigenvalue weighted by molar-refractivity contribution is -0.143. The summed E-state index contributed by atoms with van der Waals surface area (Å²) in [4.78, 5) is 23.4. The topological polar surface area (TPSA) is 80.5 Å². The van der Waals surface area contributed by atoms with Crippen molar-refractivity contribution in [1.82, 2.24) is 14.5 Å². The van der Waals surface area contributed by atoms with Gasteiger partial charge in [-0.1, -0.05) is 43.2 Å². The third-order valence-corrected chi connectivity index (χ3v) is 9.33. The second kappa shape index (κ2) is 12.3. The molecule has 2 fully saturated rings. The van der Waals surface area contributed by atoms with E-state index in [1.807, 2.05) is 59.2 Å². The number of carboxylic acids is 1. The van der Waals surface area contributed by atoms with Crippen LogP contribution in [0, 0.1) is 11.7 Å². The molecular weight excluding hydrogens is 593 g/mol. The zero-order valence-electron chi connectivity index (χ0n) is 25.3. The van der Waals surface area contributed by atoms with E-state index in [1.54, 1.807) is 12.1 Å². The minimum atomic E-state index is -2.80. The summed E-state index contributed by atoms with van der Waals surface area (Å²) in [5, 5.41) is 11.1. The molecule has 3 heterocycles. The molecule has 1 N–H and O–H groups in total. The lowest BCUT2D eigenvalue weighted by Gasteiger charge is -2.34. The average Bonchev–Trinajstić information content (AvgIpc) is 3.41. The Bertz CT molecular complexity index is 1910. The van der Waals surface area contributed by atoms with Gasteiger partial charge in [-0.2, -0.15) is 0 Å². The van der Waals surface area contributed by atoms with Crippen molar-refractivity contribution in [3.8, 4) is 5.75 Å². The highest BCUT2D eigenvalue weighted by molar-refractivity contribution is 5.79. The second-order valence-electron chi connectivity index (χ2n) is 12.5. The smallest absolute Gasteiger partial charge is 0.307 e. The molecule has 1 saturated heterocycles. The fourth-order valence-electron chi connectivity index (χ4n) is 6.97. The van der Waals surface area contributed by atoms with Gasteiger partial charge < -0.3 is 19.3 Å². The number of hydrogen-bond donors (Lipinski definition) is 1. The summed E-state index contributed by atoms with van der Waals surface area (Å²) in [5.41, 5.74) is 3.83. The highest BCUT2D eigenvalue weighted by Gasteiger charge is 2.37. The van der Waals surface area contributed by atoms with Crippen LogP contribution in [-0.4, -0.2) is 44.6 Å². The summed E-state index contributed by atoms with van der Waals surface area (Å²) >= 11 is 0. The van der Waals surface area contributed by atoms with Gasteiger partial charge >= 0.3 is 5.97 Å². The quantitative estimate of drug-likeness (QED) is 0.188. The van der Waals surface area contributed by atoms with Crippen LogP contribution >= 0.6 is 0 Å². The lowest BCUT2D eigenvalue weighted by atomic mass is 9.78. The van der Waals surface area contributed by atoms with Gasteiger partial charge in [0.1, 0.15) is 24.0 Å². The number of hydrogen-bond acceptors (Lipinski definition) is 5. The molecule has 2 aromatic heterocycles. The van der Waals surface area contributed by atoms with Crippen LogP contribution in [0.15, 0.2) is 72.8 Å². The van der Waals surface area contributed by atoms with Crippen LogP contribution in [0.3, 0.4) is 0 Å². The van der Waals surface area contributed by atoms with E-state index in [-0.39, 0.29) is 25.5 Å². The number of anilines is 1. The number of rotatable bonds is 8. The van der Waals surface area contributed by atoms with Gasteiger partial charge in [0, 0.05) is 41.6 Å². The molecule has 0 bridgehead atoms. The summed E-state index contributed by atoms with van der Waals surface area (Å²) in [6.45, 7) is 0.401. The Kier molecular flexibility index (Phi) is 8.04. The van der Waals surface area contributed by atoms with E-state index >= 15 is 4.39 Å². The maximum absolute atomic E-state index is 15.6. The van der Waals surface area contributed by atoms with Crippen molar-refractivity contribution in [3.05, 3.63) is 95.7 Å². The third-order valence-electron chi connectivity index (χ3n) is 9.33. The van der Waals surface area contributed by atoms with E-state index in [1.165, 1.54) is 11.0 Å². The molecule has 2 unspecified atom stereocenters. The van der Waals surface area contributed by atoms with Crippen LogP contribution in [0.2, 0.25) is 0 Å². The van der Waals surface area contributed by atoms with Crippen LogP contribution in [0.25, 0.3) is 21.9 Å². The zero-order valence-corrected chi connectivity index (χ0v) is 25.3. The highest BCUT2D eigenvalue weighted by Crippen LogP contribution is 2.40. The Balaban J connectivity index is 1.20. The number of halogens is 3. The van der Waals surface area contributed by atoms with E-state index in [4.69, 9.17) is 9.72 Å². The van der Waals surface area contributed by atoms with Gasteiger partial charge in [0.05, 0.1) is 41.3 Å². The molecule has 2 aliphatic rings. The molecule has 2 atom stereocenters. The SMILES string of the molecule is O=C(O)C1CCCCC1c1nc2cc(OCc3ccc4ccccc4n3)ccc2n1Cc1ccc(N2CCCC(F)(F)C2)cc1F. The maximum atomic E-state index is 15.6. The van der Waals surface area contributed by atoms with Crippen molar-refractivity contribution in [2.75, 3.05) is 18.0 Å². The van der Waals surface area contributed by atoms with Gasteiger partial charge in [-0.3, -0.25) is 4.79 Å². The number of para-hydroxylation sites is 1. The molecule has 7 nitrogen and oxygen atoms in total. The maximum Gasteiger partial charge on any atom is 0.307 e. The summed E-state index contributed by atoms with van der Waals surface area (Å²) in [7, 11) is 0. The van der Waals surface area contributed by atoms with Crippen LogP contribution < -0.4 is 9.64 Å². The number of nitrogens with zero attached hydrogens (tertiary/aromatic N) is 4. The largest absolute Gasteiger partial charge is 0.487 e. The molecule has 7 rings (SSSR count). The van der Waals surface area contributed by atoms with Gasteiger partial charge in [-0.15, -0.1) is 0 Å². The molecule has 0 radical (unpaired) electrons. The van der Waals surface area contributed by atoms with Crippen molar-refractivity contribution < 1.29 is 27.8 Å². The number of ether oxygens (including phenoxy) is 1. The van der Waals surface area contributed by atoms with Crippen molar-refractivity contribution in [1.29, 1.82) is 0 Å². The standard InChI is InChI=1S/C36H35F3N4O3/c37-30-18-26(42-17-5-16-36(38,39)22-42)13-11-24(30)20-43-33-15-14-27(46-21-25-12-10-23-6-1-4-9-31(23)40-25)19-32(33)41-34(43)28-7-2-3-8-29(28)35(44)45/h1,4,6,9-15,18-19,28-29H,2-3,5,7-8,16-17,20-22H2,(H,44,45).